The topological polar surface area (TPSA) is 185 Å². The van der Waals surface area contributed by atoms with Crippen molar-refractivity contribution in [2.75, 3.05) is 13.2 Å². The first-order valence-electron chi connectivity index (χ1n) is 19.9. The summed E-state index contributed by atoms with van der Waals surface area (Å²) in [6.45, 7) is 4.48. The number of carbonyl (C=O) groups is 4. The van der Waals surface area contributed by atoms with Crippen LogP contribution in [0.3, 0.4) is 0 Å². The third-order valence-electron chi connectivity index (χ3n) is 12.4. The molecule has 61 heavy (non-hydrogen) atoms. The lowest BCUT2D eigenvalue weighted by Gasteiger charge is -2.45. The number of fused-ring (bicyclic) bond motifs is 3. The molecule has 2 saturated carbocycles. The lowest BCUT2D eigenvalue weighted by Crippen LogP contribution is -2.66. The van der Waals surface area contributed by atoms with Crippen LogP contribution < -0.4 is 19.5 Å². The summed E-state index contributed by atoms with van der Waals surface area (Å²) in [5.74, 6) is -5.61. The number of sulfonamides is 1. The minimum absolute atomic E-state index is 0.0161. The Bertz CT molecular complexity index is 2210. The third kappa shape index (κ3) is 9.20. The minimum Gasteiger partial charge on any atom is -0.472 e. The second-order valence-corrected chi connectivity index (χ2v) is 20.0. The van der Waals surface area contributed by atoms with Gasteiger partial charge in [-0.1, -0.05) is 43.7 Å². The lowest BCUT2D eigenvalue weighted by atomic mass is 9.85. The average Bonchev–Trinajstić information content (AvgIpc) is 4.04. The molecule has 3 heterocycles. The number of benzene rings is 1. The van der Waals surface area contributed by atoms with E-state index in [1.165, 1.54) is 26.0 Å². The molecule has 2 aliphatic carbocycles. The molecule has 0 radical (unpaired) electrons. The van der Waals surface area contributed by atoms with Crippen molar-refractivity contribution < 1.29 is 64.1 Å². The molecule has 21 heteroatoms. The van der Waals surface area contributed by atoms with E-state index in [0.29, 0.717) is 39.5 Å². The third-order valence-corrected chi connectivity index (χ3v) is 14.9. The molecule has 3 N–H and O–H groups in total. The molecule has 7 atom stereocenters. The van der Waals surface area contributed by atoms with Crippen LogP contribution in [0.2, 0.25) is 5.02 Å². The predicted octanol–water partition coefficient (Wildman–Crippen LogP) is 6.46. The second-order valence-electron chi connectivity index (χ2n) is 17.4. The minimum atomic E-state index is -5.16. The summed E-state index contributed by atoms with van der Waals surface area (Å²) >= 11 is 6.43. The van der Waals surface area contributed by atoms with Crippen molar-refractivity contribution in [3.05, 3.63) is 41.4 Å². The van der Waals surface area contributed by atoms with Crippen molar-refractivity contribution in [3.8, 4) is 11.8 Å². The van der Waals surface area contributed by atoms with Crippen molar-refractivity contribution >= 4 is 56.2 Å². The number of alkyl halides is 5. The SMILES string of the molecule is C[C@H]1CCC=C[C@@H]2C[C@@]2(C(=O)NS(=O)(=O)C2(C)CC2)NC(=O)[C@@H]2C[C@@H](Oc3nc(OCC(F)F)cc4c(Cl)cccc34)CN2C(=O)[C@@H](N(C(=O)O)C(C)(C)C(F)(F)F)[C@H](C)C1. The number of allylic oxidation sites excluding steroid dienone is 1. The summed E-state index contributed by atoms with van der Waals surface area (Å²) in [7, 11) is -4.18. The molecule has 2 aromatic rings. The first-order chi connectivity index (χ1) is 28.3. The van der Waals surface area contributed by atoms with Gasteiger partial charge in [0.2, 0.25) is 33.6 Å². The Morgan fingerprint density at radius 3 is 2.46 bits per heavy atom. The van der Waals surface area contributed by atoms with E-state index in [0.717, 1.165) is 4.90 Å². The molecule has 4 aliphatic rings. The smallest absolute Gasteiger partial charge is 0.411 e. The van der Waals surface area contributed by atoms with Crippen LogP contribution >= 0.6 is 11.6 Å². The van der Waals surface area contributed by atoms with Crippen LogP contribution in [0, 0.1) is 17.8 Å². The summed E-state index contributed by atoms with van der Waals surface area (Å²) in [5, 5.41) is 13.9. The number of amides is 4. The van der Waals surface area contributed by atoms with Gasteiger partial charge in [-0.25, -0.2) is 22.0 Å². The summed E-state index contributed by atoms with van der Waals surface area (Å²) < 4.78 is 109. The quantitative estimate of drug-likeness (QED) is 0.177. The van der Waals surface area contributed by atoms with E-state index in [2.05, 4.69) is 15.0 Å². The van der Waals surface area contributed by atoms with Crippen LogP contribution in [0.15, 0.2) is 36.4 Å². The zero-order chi connectivity index (χ0) is 45.0. The molecule has 2 aliphatic heterocycles. The molecule has 3 fully saturated rings. The lowest BCUT2D eigenvalue weighted by molar-refractivity contribution is -0.222. The molecule has 0 spiro atoms. The standard InChI is InChI=1S/C40H49ClF5N5O9S/c1-21-9-6-7-10-23-18-39(23,35(54)49-61(57,58)38(5)13-14-38)48-32(52)28-16-24(60-33-25-11-8-12-27(41)26(25)17-30(47-33)59-20-29(42)43)19-50(28)34(53)31(22(2)15-21)51(36(55)56)37(3,4)40(44,45)46/h7-8,10-12,17,21-24,28-29,31H,6,9,13-16,18-20H2,1-5H3,(H,48,52)(H,49,54)(H,55,56)/t21-,22+,23+,24+,28-,31-,39+/m0/s1. The maximum Gasteiger partial charge on any atom is 0.411 e. The first-order valence-corrected chi connectivity index (χ1v) is 21.8. The number of halogens is 6. The van der Waals surface area contributed by atoms with Gasteiger partial charge >= 0.3 is 12.3 Å². The Morgan fingerprint density at radius 2 is 1.84 bits per heavy atom. The molecule has 1 aromatic carbocycles. The van der Waals surface area contributed by atoms with Gasteiger partial charge in [0.1, 0.15) is 29.3 Å². The summed E-state index contributed by atoms with van der Waals surface area (Å²) in [5.41, 5.74) is -4.90. The van der Waals surface area contributed by atoms with Gasteiger partial charge in [0.15, 0.2) is 6.61 Å². The van der Waals surface area contributed by atoms with Gasteiger partial charge in [-0.05, 0) is 83.3 Å². The van der Waals surface area contributed by atoms with Gasteiger partial charge < -0.3 is 24.8 Å². The molecule has 4 amide bonds. The van der Waals surface area contributed by atoms with Crippen LogP contribution in [-0.2, 0) is 24.4 Å². The molecular weight excluding hydrogens is 857 g/mol. The Kier molecular flexibility index (Phi) is 12.6. The summed E-state index contributed by atoms with van der Waals surface area (Å²) in [6.07, 6.45) is -6.62. The highest BCUT2D eigenvalue weighted by atomic mass is 35.5. The van der Waals surface area contributed by atoms with Crippen LogP contribution in [0.25, 0.3) is 10.8 Å². The molecule has 1 saturated heterocycles. The maximum absolute atomic E-state index is 15.0. The van der Waals surface area contributed by atoms with Crippen LogP contribution in [0.4, 0.5) is 26.7 Å². The molecule has 336 valence electrons. The Labute approximate surface area is 354 Å². The molecular formula is C40H49ClF5N5O9S. The Morgan fingerprint density at radius 1 is 1.15 bits per heavy atom. The highest BCUT2D eigenvalue weighted by Gasteiger charge is 2.64. The van der Waals surface area contributed by atoms with Crippen molar-refractivity contribution in [3.63, 3.8) is 0 Å². The molecule has 0 bridgehead atoms. The fourth-order valence-electron chi connectivity index (χ4n) is 8.24. The highest BCUT2D eigenvalue weighted by molar-refractivity contribution is 7.91. The van der Waals surface area contributed by atoms with Gasteiger partial charge in [-0.15, -0.1) is 0 Å². The van der Waals surface area contributed by atoms with E-state index in [9.17, 15) is 49.9 Å². The number of pyridine rings is 1. The van der Waals surface area contributed by atoms with Crippen molar-refractivity contribution in [1.82, 2.24) is 24.8 Å². The monoisotopic (exact) mass is 905 g/mol. The van der Waals surface area contributed by atoms with Crippen LogP contribution in [0.1, 0.15) is 79.6 Å². The molecule has 6 rings (SSSR count). The van der Waals surface area contributed by atoms with Crippen molar-refractivity contribution in [2.24, 2.45) is 17.8 Å². The highest BCUT2D eigenvalue weighted by Crippen LogP contribution is 2.48. The number of carbonyl (C=O) groups excluding carboxylic acids is 3. The average molecular weight is 906 g/mol. The van der Waals surface area contributed by atoms with E-state index in [4.69, 9.17) is 21.1 Å². The van der Waals surface area contributed by atoms with Gasteiger partial charge in [0, 0.05) is 34.2 Å². The largest absolute Gasteiger partial charge is 0.472 e. The van der Waals surface area contributed by atoms with Gasteiger partial charge in [-0.3, -0.25) is 24.0 Å². The fourth-order valence-corrected chi connectivity index (χ4v) is 9.78. The number of ether oxygens (including phenoxy) is 2. The first kappa shape index (κ1) is 46.1. The number of hydrogen-bond acceptors (Lipinski definition) is 9. The number of aromatic nitrogens is 1. The molecule has 1 aromatic heterocycles. The number of nitrogens with zero attached hydrogens (tertiary/aromatic N) is 3. The Balaban J connectivity index is 1.44. The van der Waals surface area contributed by atoms with E-state index in [1.807, 2.05) is 0 Å². The van der Waals surface area contributed by atoms with Gasteiger partial charge in [0.25, 0.3) is 12.3 Å². The van der Waals surface area contributed by atoms with Crippen molar-refractivity contribution in [1.29, 1.82) is 0 Å². The van der Waals surface area contributed by atoms with Crippen molar-refractivity contribution in [2.45, 2.75) is 126 Å². The number of nitrogens with one attached hydrogen (secondary N) is 2. The normalized spacial score (nSPS) is 28.2. The van der Waals surface area contributed by atoms with E-state index in [-0.39, 0.29) is 57.6 Å². The van der Waals surface area contributed by atoms with Crippen LogP contribution in [0.5, 0.6) is 11.8 Å². The predicted molar refractivity (Wildman–Crippen MR) is 212 cm³/mol. The fraction of sp³-hybridized carbons (Fsp3) is 0.625. The number of rotatable bonds is 10. The zero-order valence-electron chi connectivity index (χ0n) is 34.1. The zero-order valence-corrected chi connectivity index (χ0v) is 35.7. The van der Waals surface area contributed by atoms with E-state index in [1.54, 1.807) is 31.2 Å². The second kappa shape index (κ2) is 16.7. The molecule has 0 unspecified atom stereocenters. The van der Waals surface area contributed by atoms with Gasteiger partial charge in [0.05, 0.1) is 11.3 Å². The summed E-state index contributed by atoms with van der Waals surface area (Å²) in [4.78, 5) is 61.8. The summed E-state index contributed by atoms with van der Waals surface area (Å²) in [6, 6.07) is 2.33. The maximum atomic E-state index is 15.0. The Hall–Kier alpha value is -4.46. The van der Waals surface area contributed by atoms with E-state index < -0.39 is 105 Å². The number of hydrogen-bond donors (Lipinski definition) is 3. The number of carboxylic acid groups (broad SMARTS) is 1. The molecule has 14 nitrogen and oxygen atoms in total. The van der Waals surface area contributed by atoms with Gasteiger partial charge in [-0.2, -0.15) is 18.2 Å². The van der Waals surface area contributed by atoms with E-state index >= 15 is 4.79 Å². The van der Waals surface area contributed by atoms with Crippen LogP contribution in [-0.4, -0.2) is 112 Å².